The van der Waals surface area contributed by atoms with Gasteiger partial charge in [-0.3, -0.25) is 9.52 Å². The summed E-state index contributed by atoms with van der Waals surface area (Å²) in [4.78, 5) is 11.7. The van der Waals surface area contributed by atoms with Crippen molar-refractivity contribution in [3.8, 4) is 0 Å². The molecule has 1 atom stereocenters. The molecule has 1 heterocycles. The van der Waals surface area contributed by atoms with Gasteiger partial charge in [-0.25, -0.2) is 16.8 Å². The lowest BCUT2D eigenvalue weighted by molar-refractivity contribution is -0.139. The Bertz CT molecular complexity index is 1380. The van der Waals surface area contributed by atoms with Crippen molar-refractivity contribution >= 4 is 42.7 Å². The number of rotatable bonds is 9. The van der Waals surface area contributed by atoms with Crippen LogP contribution in [0.3, 0.4) is 0 Å². The molecule has 0 saturated carbocycles. The first-order valence-electron chi connectivity index (χ1n) is 10.5. The average molecular weight is 493 g/mol. The van der Waals surface area contributed by atoms with Crippen molar-refractivity contribution in [3.05, 3.63) is 59.9 Å². The molecule has 176 valence electrons. The van der Waals surface area contributed by atoms with Crippen molar-refractivity contribution in [2.24, 2.45) is 0 Å². The molecule has 2 aromatic carbocycles. The Morgan fingerprint density at radius 3 is 2.45 bits per heavy atom. The topological polar surface area (TPSA) is 143 Å². The third-order valence-electron chi connectivity index (χ3n) is 5.55. The maximum Gasteiger partial charge on any atom is 0.321 e. The van der Waals surface area contributed by atoms with Gasteiger partial charge in [-0.15, -0.1) is 0 Å². The Morgan fingerprint density at radius 2 is 1.73 bits per heavy atom. The average Bonchev–Trinajstić information content (AvgIpc) is 3.15. The molecule has 33 heavy (non-hydrogen) atoms. The zero-order chi connectivity index (χ0) is 23.6. The van der Waals surface area contributed by atoms with Gasteiger partial charge in [-0.1, -0.05) is 24.3 Å². The highest BCUT2D eigenvalue weighted by Crippen LogP contribution is 2.35. The van der Waals surface area contributed by atoms with Crippen molar-refractivity contribution in [1.82, 2.24) is 4.72 Å². The minimum absolute atomic E-state index is 0.0663. The number of aryl methyl sites for hydroxylation is 2. The van der Waals surface area contributed by atoms with Gasteiger partial charge in [0.15, 0.2) is 0 Å². The van der Waals surface area contributed by atoms with Gasteiger partial charge < -0.3 is 9.52 Å². The van der Waals surface area contributed by atoms with E-state index in [1.807, 2.05) is 0 Å². The number of carboxylic acids is 1. The number of hydrogen-bond donors (Lipinski definition) is 3. The summed E-state index contributed by atoms with van der Waals surface area (Å²) < 4.78 is 61.5. The number of carboxylic acid groups (broad SMARTS) is 1. The maximum atomic E-state index is 13.2. The van der Waals surface area contributed by atoms with E-state index in [1.165, 1.54) is 12.1 Å². The van der Waals surface area contributed by atoms with Crippen molar-refractivity contribution in [2.75, 3.05) is 10.5 Å². The quantitative estimate of drug-likeness (QED) is 0.417. The summed E-state index contributed by atoms with van der Waals surface area (Å²) in [5.74, 6) is -1.28. The first-order chi connectivity index (χ1) is 15.7. The zero-order valence-corrected chi connectivity index (χ0v) is 19.3. The van der Waals surface area contributed by atoms with Crippen LogP contribution in [-0.2, 0) is 37.7 Å². The van der Waals surface area contributed by atoms with Crippen LogP contribution in [0.4, 0.5) is 5.69 Å². The smallest absolute Gasteiger partial charge is 0.321 e. The van der Waals surface area contributed by atoms with E-state index in [1.54, 1.807) is 36.4 Å². The summed E-state index contributed by atoms with van der Waals surface area (Å²) in [6.07, 6.45) is 2.82. The van der Waals surface area contributed by atoms with Crippen LogP contribution in [0.15, 0.2) is 57.8 Å². The highest BCUT2D eigenvalue weighted by Gasteiger charge is 2.30. The van der Waals surface area contributed by atoms with Crippen molar-refractivity contribution < 1.29 is 31.2 Å². The molecule has 0 saturated heterocycles. The summed E-state index contributed by atoms with van der Waals surface area (Å²) >= 11 is 0. The van der Waals surface area contributed by atoms with E-state index >= 15 is 0 Å². The molecule has 0 aliphatic heterocycles. The number of para-hydroxylation sites is 1. The standard InChI is InChI=1S/C22H24N2O7S2/c25-22(26)17(13-14-32(27,28)23-15-7-2-1-3-8-15)24-33(29,30)20-12-6-11-19-21(20)16-9-4-5-10-18(16)31-19/h1-3,6-8,11-12,17,23-24H,4-5,9-10,13-14H2,(H,25,26)/t17-/m1/s1. The molecule has 0 amide bonds. The van der Waals surface area contributed by atoms with Gasteiger partial charge in [-0.2, -0.15) is 4.72 Å². The van der Waals surface area contributed by atoms with Crippen molar-refractivity contribution in [2.45, 2.75) is 43.0 Å². The van der Waals surface area contributed by atoms with Crippen molar-refractivity contribution in [3.63, 3.8) is 0 Å². The molecule has 0 bridgehead atoms. The lowest BCUT2D eigenvalue weighted by Crippen LogP contribution is -2.42. The number of aliphatic carboxylic acids is 1. The molecular formula is C22H24N2O7S2. The van der Waals surface area contributed by atoms with Crippen LogP contribution in [0.2, 0.25) is 0 Å². The molecule has 0 spiro atoms. The zero-order valence-electron chi connectivity index (χ0n) is 17.7. The van der Waals surface area contributed by atoms with Crippen LogP contribution >= 0.6 is 0 Å². The summed E-state index contributed by atoms with van der Waals surface area (Å²) in [6, 6.07) is 11.1. The van der Waals surface area contributed by atoms with E-state index < -0.39 is 44.2 Å². The number of benzene rings is 2. The summed E-state index contributed by atoms with van der Waals surface area (Å²) in [5.41, 5.74) is 1.60. The highest BCUT2D eigenvalue weighted by molar-refractivity contribution is 7.92. The number of hydrogen-bond acceptors (Lipinski definition) is 6. The molecule has 9 nitrogen and oxygen atoms in total. The molecule has 0 fully saturated rings. The Kier molecular flexibility index (Phi) is 6.46. The molecule has 11 heteroatoms. The minimum Gasteiger partial charge on any atom is -0.480 e. The molecule has 0 radical (unpaired) electrons. The van der Waals surface area contributed by atoms with Gasteiger partial charge in [0.1, 0.15) is 17.4 Å². The number of nitrogens with one attached hydrogen (secondary N) is 2. The molecule has 1 aliphatic carbocycles. The highest BCUT2D eigenvalue weighted by atomic mass is 32.2. The molecule has 0 unspecified atom stereocenters. The van der Waals surface area contributed by atoms with Gasteiger partial charge in [0.2, 0.25) is 20.0 Å². The Hall–Kier alpha value is -2.89. The fourth-order valence-electron chi connectivity index (χ4n) is 4.00. The second kappa shape index (κ2) is 9.16. The normalized spacial score (nSPS) is 15.2. The molecule has 3 N–H and O–H groups in total. The molecule has 1 aromatic heterocycles. The predicted octanol–water partition coefficient (Wildman–Crippen LogP) is 2.88. The summed E-state index contributed by atoms with van der Waals surface area (Å²) in [7, 11) is -8.15. The van der Waals surface area contributed by atoms with E-state index in [4.69, 9.17) is 4.42 Å². The van der Waals surface area contributed by atoms with Crippen LogP contribution in [-0.4, -0.2) is 39.7 Å². The van der Waals surface area contributed by atoms with Gasteiger partial charge in [0, 0.05) is 23.1 Å². The van der Waals surface area contributed by atoms with Crippen LogP contribution < -0.4 is 9.44 Å². The Labute approximate surface area is 191 Å². The summed E-state index contributed by atoms with van der Waals surface area (Å²) in [5, 5.41) is 10.0. The Balaban J connectivity index is 1.56. The fraction of sp³-hybridized carbons (Fsp3) is 0.318. The van der Waals surface area contributed by atoms with Gasteiger partial charge >= 0.3 is 5.97 Å². The second-order valence-corrected chi connectivity index (χ2v) is 11.5. The van der Waals surface area contributed by atoms with Gasteiger partial charge in [0.05, 0.1) is 10.6 Å². The molecule has 3 aromatic rings. The van der Waals surface area contributed by atoms with Gasteiger partial charge in [-0.05, 0) is 49.9 Å². The number of anilines is 1. The van der Waals surface area contributed by atoms with E-state index in [2.05, 4.69) is 9.44 Å². The van der Waals surface area contributed by atoms with E-state index in [9.17, 15) is 26.7 Å². The summed E-state index contributed by atoms with van der Waals surface area (Å²) in [6.45, 7) is 0. The maximum absolute atomic E-state index is 13.2. The number of sulfonamides is 2. The van der Waals surface area contributed by atoms with Gasteiger partial charge in [0.25, 0.3) is 0 Å². The fourth-order valence-corrected chi connectivity index (χ4v) is 6.61. The first kappa shape index (κ1) is 23.3. The van der Waals surface area contributed by atoms with E-state index in [0.29, 0.717) is 23.1 Å². The molecule has 1 aliphatic rings. The van der Waals surface area contributed by atoms with E-state index in [-0.39, 0.29) is 4.90 Å². The van der Waals surface area contributed by atoms with Crippen LogP contribution in [0.1, 0.15) is 30.6 Å². The SMILES string of the molecule is O=C(O)[C@@H](CCS(=O)(=O)Nc1ccccc1)NS(=O)(=O)c1cccc2oc3c(c12)CCCC3. The second-order valence-electron chi connectivity index (χ2n) is 7.93. The molecule has 4 rings (SSSR count). The third-order valence-corrected chi connectivity index (χ3v) is 8.38. The van der Waals surface area contributed by atoms with E-state index in [0.717, 1.165) is 30.6 Å². The third kappa shape index (κ3) is 5.21. The lowest BCUT2D eigenvalue weighted by atomic mass is 9.96. The minimum atomic E-state index is -4.27. The number of furan rings is 1. The lowest BCUT2D eigenvalue weighted by Gasteiger charge is -2.16. The van der Waals surface area contributed by atoms with Crippen LogP contribution in [0.25, 0.3) is 11.0 Å². The molecular weight excluding hydrogens is 468 g/mol. The van der Waals surface area contributed by atoms with Crippen LogP contribution in [0.5, 0.6) is 0 Å². The number of fused-ring (bicyclic) bond motifs is 3. The largest absolute Gasteiger partial charge is 0.480 e. The predicted molar refractivity (Wildman–Crippen MR) is 123 cm³/mol. The van der Waals surface area contributed by atoms with Crippen molar-refractivity contribution in [1.29, 1.82) is 0 Å². The van der Waals surface area contributed by atoms with Crippen LogP contribution in [0, 0.1) is 0 Å². The Morgan fingerprint density at radius 1 is 1.00 bits per heavy atom. The monoisotopic (exact) mass is 492 g/mol. The first-order valence-corrected chi connectivity index (χ1v) is 13.6. The number of carbonyl (C=O) groups is 1.